The Labute approximate surface area is 112 Å². The van der Waals surface area contributed by atoms with Gasteiger partial charge in [0, 0.05) is 26.7 Å². The Hall–Kier alpha value is -0.710. The second-order valence-corrected chi connectivity index (χ2v) is 6.07. The van der Waals surface area contributed by atoms with E-state index in [4.69, 9.17) is 0 Å². The van der Waals surface area contributed by atoms with Crippen LogP contribution in [-0.4, -0.2) is 5.11 Å². The minimum atomic E-state index is -1.18. The summed E-state index contributed by atoms with van der Waals surface area (Å²) in [4.78, 5) is 1.02. The Bertz CT molecular complexity index is 522. The third-order valence-electron chi connectivity index (χ3n) is 2.59. The van der Waals surface area contributed by atoms with Gasteiger partial charge in [-0.2, -0.15) is 0 Å². The summed E-state index contributed by atoms with van der Waals surface area (Å²) in [5.41, 5.74) is -0.847. The van der Waals surface area contributed by atoms with Gasteiger partial charge in [0.1, 0.15) is 5.82 Å². The largest absolute Gasteiger partial charge is 0.385 e. The van der Waals surface area contributed by atoms with Crippen LogP contribution in [0.3, 0.4) is 0 Å². The standard InChI is InChI=1S/C13H12BrFOS/c1-13(16,7-10-6-9(14)8-17-10)11-4-2-3-5-12(11)15/h2-6,8,16H,7H2,1H3. The zero-order valence-electron chi connectivity index (χ0n) is 9.28. The van der Waals surface area contributed by atoms with E-state index in [1.54, 1.807) is 36.5 Å². The molecular formula is C13H12BrFOS. The van der Waals surface area contributed by atoms with Crippen LogP contribution in [0.2, 0.25) is 0 Å². The molecule has 0 aliphatic heterocycles. The molecule has 1 unspecified atom stereocenters. The summed E-state index contributed by atoms with van der Waals surface area (Å²) >= 11 is 4.91. The molecule has 0 aliphatic rings. The van der Waals surface area contributed by atoms with Crippen LogP contribution >= 0.6 is 27.3 Å². The molecule has 0 fully saturated rings. The summed E-state index contributed by atoms with van der Waals surface area (Å²) in [5.74, 6) is -0.367. The van der Waals surface area contributed by atoms with E-state index in [1.165, 1.54) is 6.07 Å². The first-order valence-electron chi connectivity index (χ1n) is 5.19. The van der Waals surface area contributed by atoms with Crippen LogP contribution in [0, 0.1) is 5.82 Å². The molecular weight excluding hydrogens is 303 g/mol. The molecule has 1 aromatic carbocycles. The van der Waals surface area contributed by atoms with Crippen molar-refractivity contribution in [3.63, 3.8) is 0 Å². The van der Waals surface area contributed by atoms with Gasteiger partial charge < -0.3 is 5.11 Å². The van der Waals surface area contributed by atoms with Crippen LogP contribution in [0.4, 0.5) is 4.39 Å². The SMILES string of the molecule is CC(O)(Cc1cc(Br)cs1)c1ccccc1F. The first-order chi connectivity index (χ1) is 7.99. The first kappa shape index (κ1) is 12.7. The van der Waals surface area contributed by atoms with Crippen LogP contribution in [0.25, 0.3) is 0 Å². The Morgan fingerprint density at radius 1 is 1.41 bits per heavy atom. The molecule has 1 aromatic heterocycles. The minimum Gasteiger partial charge on any atom is -0.385 e. The monoisotopic (exact) mass is 314 g/mol. The smallest absolute Gasteiger partial charge is 0.129 e. The number of benzene rings is 1. The molecule has 2 aromatic rings. The number of thiophene rings is 1. The maximum atomic E-state index is 13.6. The Kier molecular flexibility index (Phi) is 3.66. The summed E-state index contributed by atoms with van der Waals surface area (Å²) in [7, 11) is 0. The van der Waals surface area contributed by atoms with E-state index >= 15 is 0 Å². The van der Waals surface area contributed by atoms with Gasteiger partial charge in [0.05, 0.1) is 5.60 Å². The number of rotatable bonds is 3. The van der Waals surface area contributed by atoms with Crippen LogP contribution in [0.5, 0.6) is 0 Å². The van der Waals surface area contributed by atoms with Gasteiger partial charge in [0.2, 0.25) is 0 Å². The van der Waals surface area contributed by atoms with E-state index in [9.17, 15) is 9.50 Å². The second kappa shape index (κ2) is 4.88. The van der Waals surface area contributed by atoms with Crippen LogP contribution in [0.15, 0.2) is 40.2 Å². The van der Waals surface area contributed by atoms with Gasteiger partial charge in [-0.05, 0) is 35.0 Å². The third kappa shape index (κ3) is 2.94. The summed E-state index contributed by atoms with van der Waals surface area (Å²) in [6, 6.07) is 8.29. The van der Waals surface area contributed by atoms with Gasteiger partial charge in [-0.15, -0.1) is 11.3 Å². The van der Waals surface area contributed by atoms with Crippen LogP contribution < -0.4 is 0 Å². The lowest BCUT2D eigenvalue weighted by atomic mass is 9.91. The number of aliphatic hydroxyl groups is 1. The molecule has 4 heteroatoms. The van der Waals surface area contributed by atoms with Crippen LogP contribution in [0.1, 0.15) is 17.4 Å². The van der Waals surface area contributed by atoms with Gasteiger partial charge >= 0.3 is 0 Å². The van der Waals surface area contributed by atoms with Gasteiger partial charge in [0.15, 0.2) is 0 Å². The lowest BCUT2D eigenvalue weighted by molar-refractivity contribution is 0.0546. The summed E-state index contributed by atoms with van der Waals surface area (Å²) < 4.78 is 14.6. The molecule has 1 nitrogen and oxygen atoms in total. The van der Waals surface area contributed by atoms with Gasteiger partial charge in [-0.3, -0.25) is 0 Å². The molecule has 1 N–H and O–H groups in total. The summed E-state index contributed by atoms with van der Waals surface area (Å²) in [5, 5.41) is 12.3. The molecule has 0 bridgehead atoms. The molecule has 2 rings (SSSR count). The zero-order valence-corrected chi connectivity index (χ0v) is 11.7. The quantitative estimate of drug-likeness (QED) is 0.904. The molecule has 17 heavy (non-hydrogen) atoms. The second-order valence-electron chi connectivity index (χ2n) is 4.16. The molecule has 90 valence electrons. The number of hydrogen-bond acceptors (Lipinski definition) is 2. The molecule has 0 radical (unpaired) electrons. The normalized spacial score (nSPS) is 14.6. The Balaban J connectivity index is 2.27. The van der Waals surface area contributed by atoms with E-state index in [1.807, 2.05) is 11.4 Å². The maximum absolute atomic E-state index is 13.6. The lowest BCUT2D eigenvalue weighted by Crippen LogP contribution is -2.25. The van der Waals surface area contributed by atoms with Crippen molar-refractivity contribution >= 4 is 27.3 Å². The third-order valence-corrected chi connectivity index (χ3v) is 4.29. The molecule has 0 saturated carbocycles. The fraction of sp³-hybridized carbons (Fsp3) is 0.231. The molecule has 0 spiro atoms. The molecule has 0 aliphatic carbocycles. The van der Waals surface area contributed by atoms with Gasteiger partial charge in [-0.1, -0.05) is 18.2 Å². The number of hydrogen-bond donors (Lipinski definition) is 1. The average molecular weight is 315 g/mol. The van der Waals surface area contributed by atoms with Crippen molar-refractivity contribution in [1.82, 2.24) is 0 Å². The Morgan fingerprint density at radius 3 is 2.71 bits per heavy atom. The van der Waals surface area contributed by atoms with Crippen molar-refractivity contribution in [2.75, 3.05) is 0 Å². The predicted molar refractivity (Wildman–Crippen MR) is 71.7 cm³/mol. The van der Waals surface area contributed by atoms with Gasteiger partial charge in [0.25, 0.3) is 0 Å². The van der Waals surface area contributed by atoms with E-state index in [-0.39, 0.29) is 5.82 Å². The van der Waals surface area contributed by atoms with E-state index < -0.39 is 5.60 Å². The fourth-order valence-corrected chi connectivity index (χ4v) is 3.38. The number of halogens is 2. The predicted octanol–water partition coefficient (Wildman–Crippen LogP) is 4.10. The van der Waals surface area contributed by atoms with Crippen molar-refractivity contribution < 1.29 is 9.50 Å². The van der Waals surface area contributed by atoms with Crippen molar-refractivity contribution in [3.05, 3.63) is 56.4 Å². The molecule has 1 atom stereocenters. The fourth-order valence-electron chi connectivity index (χ4n) is 1.78. The summed E-state index contributed by atoms with van der Waals surface area (Å²) in [6.07, 6.45) is 0.407. The Morgan fingerprint density at radius 2 is 2.12 bits per heavy atom. The van der Waals surface area contributed by atoms with Crippen molar-refractivity contribution in [2.24, 2.45) is 0 Å². The van der Waals surface area contributed by atoms with E-state index in [0.717, 1.165) is 9.35 Å². The van der Waals surface area contributed by atoms with Crippen molar-refractivity contribution in [1.29, 1.82) is 0 Å². The van der Waals surface area contributed by atoms with E-state index in [2.05, 4.69) is 15.9 Å². The highest BCUT2D eigenvalue weighted by atomic mass is 79.9. The maximum Gasteiger partial charge on any atom is 0.129 e. The van der Waals surface area contributed by atoms with Crippen molar-refractivity contribution in [3.8, 4) is 0 Å². The molecule has 0 saturated heterocycles. The zero-order chi connectivity index (χ0) is 12.5. The average Bonchev–Trinajstić information content (AvgIpc) is 2.63. The van der Waals surface area contributed by atoms with Crippen LogP contribution in [-0.2, 0) is 12.0 Å². The van der Waals surface area contributed by atoms with E-state index in [0.29, 0.717) is 12.0 Å². The first-order valence-corrected chi connectivity index (χ1v) is 6.86. The summed E-state index contributed by atoms with van der Waals surface area (Å²) in [6.45, 7) is 1.64. The molecule has 1 heterocycles. The highest BCUT2D eigenvalue weighted by Crippen LogP contribution is 2.30. The molecule has 0 amide bonds. The van der Waals surface area contributed by atoms with Crippen molar-refractivity contribution in [2.45, 2.75) is 18.9 Å². The topological polar surface area (TPSA) is 20.2 Å². The minimum absolute atomic E-state index is 0.338. The van der Waals surface area contributed by atoms with Gasteiger partial charge in [-0.25, -0.2) is 4.39 Å². The lowest BCUT2D eigenvalue weighted by Gasteiger charge is -2.23. The highest BCUT2D eigenvalue weighted by Gasteiger charge is 2.27. The highest BCUT2D eigenvalue weighted by molar-refractivity contribution is 9.10.